The van der Waals surface area contributed by atoms with E-state index in [1.165, 1.54) is 44.7 Å². The first-order valence-electron chi connectivity index (χ1n) is 13.7. The van der Waals surface area contributed by atoms with Crippen molar-refractivity contribution in [1.29, 1.82) is 0 Å². The summed E-state index contributed by atoms with van der Waals surface area (Å²) in [6.45, 7) is 4.35. The number of piperazine rings is 1. The molecule has 0 bridgehead atoms. The van der Waals surface area contributed by atoms with Gasteiger partial charge in [-0.1, -0.05) is 51.9 Å². The van der Waals surface area contributed by atoms with Crippen LogP contribution in [-0.4, -0.2) is 59.4 Å². The standard InChI is InChI=1S/C28H38FN3O5/c1-2-3-4-5-6-7-8-9-16-37-28(36)31-14-12-30(13-15-31)25-18-24-21(17-23(25)29)26(33)22(27(34)35)19-32(24)20-10-11-20/h17-20H,2-16H2,1H3,(H,34,35). The lowest BCUT2D eigenvalue weighted by molar-refractivity contribution is 0.0694. The second-order valence-electron chi connectivity index (χ2n) is 10.2. The lowest BCUT2D eigenvalue weighted by atomic mass is 10.1. The monoisotopic (exact) mass is 515 g/mol. The molecule has 0 radical (unpaired) electrons. The molecule has 1 aromatic carbocycles. The third-order valence-corrected chi connectivity index (χ3v) is 7.37. The Morgan fingerprint density at radius 3 is 2.27 bits per heavy atom. The molecule has 1 saturated heterocycles. The Hall–Kier alpha value is -3.10. The van der Waals surface area contributed by atoms with Crippen LogP contribution in [0.2, 0.25) is 0 Å². The topological polar surface area (TPSA) is 92.1 Å². The van der Waals surface area contributed by atoms with Gasteiger partial charge in [0.1, 0.15) is 11.4 Å². The molecule has 8 nitrogen and oxygen atoms in total. The Bertz CT molecular complexity index is 1170. The first-order chi connectivity index (χ1) is 17.9. The predicted octanol–water partition coefficient (Wildman–Crippen LogP) is 5.57. The van der Waals surface area contributed by atoms with Crippen LogP contribution in [0, 0.1) is 5.82 Å². The highest BCUT2D eigenvalue weighted by Crippen LogP contribution is 2.38. The van der Waals surface area contributed by atoms with Crippen molar-refractivity contribution in [3.63, 3.8) is 0 Å². The molecule has 37 heavy (non-hydrogen) atoms. The number of aromatic nitrogens is 1. The van der Waals surface area contributed by atoms with Gasteiger partial charge in [0.25, 0.3) is 0 Å². The molecule has 2 fully saturated rings. The molecule has 4 rings (SSSR count). The summed E-state index contributed by atoms with van der Waals surface area (Å²) in [7, 11) is 0. The highest BCUT2D eigenvalue weighted by molar-refractivity contribution is 5.93. The van der Waals surface area contributed by atoms with E-state index >= 15 is 4.39 Å². The minimum Gasteiger partial charge on any atom is -0.477 e. The fourth-order valence-corrected chi connectivity index (χ4v) is 5.02. The number of carboxylic acids is 1. The number of ether oxygens (including phenoxy) is 1. The maximum atomic E-state index is 15.1. The number of aromatic carboxylic acids is 1. The molecule has 2 heterocycles. The van der Waals surface area contributed by atoms with Crippen molar-refractivity contribution in [2.75, 3.05) is 37.7 Å². The normalized spacial score (nSPS) is 15.8. The van der Waals surface area contributed by atoms with Crippen LogP contribution in [0.5, 0.6) is 0 Å². The van der Waals surface area contributed by atoms with Crippen molar-refractivity contribution in [2.45, 2.75) is 77.2 Å². The number of benzene rings is 1. The first-order valence-corrected chi connectivity index (χ1v) is 13.7. The number of nitrogens with zero attached hydrogens (tertiary/aromatic N) is 3. The van der Waals surface area contributed by atoms with Crippen molar-refractivity contribution in [2.24, 2.45) is 0 Å². The molecule has 1 saturated carbocycles. The number of amides is 1. The highest BCUT2D eigenvalue weighted by atomic mass is 19.1. The van der Waals surface area contributed by atoms with Gasteiger partial charge in [-0.05, 0) is 31.4 Å². The molecule has 1 aromatic heterocycles. The van der Waals surface area contributed by atoms with E-state index in [0.29, 0.717) is 44.0 Å². The van der Waals surface area contributed by atoms with Crippen LogP contribution < -0.4 is 10.3 Å². The average molecular weight is 516 g/mol. The van der Waals surface area contributed by atoms with Crippen LogP contribution >= 0.6 is 0 Å². The zero-order valence-electron chi connectivity index (χ0n) is 21.7. The van der Waals surface area contributed by atoms with Gasteiger partial charge < -0.3 is 24.2 Å². The number of anilines is 1. The summed E-state index contributed by atoms with van der Waals surface area (Å²) in [6, 6.07) is 2.92. The smallest absolute Gasteiger partial charge is 0.409 e. The predicted molar refractivity (Wildman–Crippen MR) is 141 cm³/mol. The molecule has 1 aliphatic carbocycles. The number of pyridine rings is 1. The van der Waals surface area contributed by atoms with Gasteiger partial charge in [-0.25, -0.2) is 14.0 Å². The lowest BCUT2D eigenvalue weighted by Gasteiger charge is -2.35. The zero-order chi connectivity index (χ0) is 26.4. The number of rotatable bonds is 12. The molecule has 1 amide bonds. The molecule has 202 valence electrons. The van der Waals surface area contributed by atoms with E-state index in [1.54, 1.807) is 15.5 Å². The molecule has 9 heteroatoms. The van der Waals surface area contributed by atoms with Crippen LogP contribution in [0.4, 0.5) is 14.9 Å². The van der Waals surface area contributed by atoms with Gasteiger partial charge in [-0.2, -0.15) is 0 Å². The Morgan fingerprint density at radius 1 is 1.00 bits per heavy atom. The number of carbonyl (C=O) groups excluding carboxylic acids is 1. The van der Waals surface area contributed by atoms with E-state index < -0.39 is 17.2 Å². The quantitative estimate of drug-likeness (QED) is 0.372. The van der Waals surface area contributed by atoms with Crippen molar-refractivity contribution >= 4 is 28.7 Å². The fraction of sp³-hybridized carbons (Fsp3) is 0.607. The van der Waals surface area contributed by atoms with Gasteiger partial charge in [0.2, 0.25) is 5.43 Å². The van der Waals surface area contributed by atoms with E-state index in [4.69, 9.17) is 4.74 Å². The highest BCUT2D eigenvalue weighted by Gasteiger charge is 2.29. The van der Waals surface area contributed by atoms with E-state index in [9.17, 15) is 19.5 Å². The zero-order valence-corrected chi connectivity index (χ0v) is 21.7. The number of fused-ring (bicyclic) bond motifs is 1. The summed E-state index contributed by atoms with van der Waals surface area (Å²) < 4.78 is 22.4. The van der Waals surface area contributed by atoms with Crippen molar-refractivity contribution < 1.29 is 23.8 Å². The molecule has 1 aliphatic heterocycles. The summed E-state index contributed by atoms with van der Waals surface area (Å²) in [5.74, 6) is -1.88. The van der Waals surface area contributed by atoms with Crippen molar-refractivity contribution in [3.05, 3.63) is 39.9 Å². The summed E-state index contributed by atoms with van der Waals surface area (Å²) in [5, 5.41) is 9.50. The van der Waals surface area contributed by atoms with Gasteiger partial charge in [0, 0.05) is 43.8 Å². The number of unbranched alkanes of at least 4 members (excludes halogenated alkanes) is 7. The lowest BCUT2D eigenvalue weighted by Crippen LogP contribution is -2.49. The van der Waals surface area contributed by atoms with Crippen molar-refractivity contribution in [1.82, 2.24) is 9.47 Å². The largest absolute Gasteiger partial charge is 0.477 e. The van der Waals surface area contributed by atoms with E-state index in [1.807, 2.05) is 4.90 Å². The molecule has 0 atom stereocenters. The third-order valence-electron chi connectivity index (χ3n) is 7.37. The number of hydrogen-bond acceptors (Lipinski definition) is 5. The Balaban J connectivity index is 1.32. The summed E-state index contributed by atoms with van der Waals surface area (Å²) in [5.41, 5.74) is -0.114. The maximum absolute atomic E-state index is 15.1. The van der Waals surface area contributed by atoms with Crippen LogP contribution in [0.15, 0.2) is 23.1 Å². The van der Waals surface area contributed by atoms with Crippen LogP contribution in [0.25, 0.3) is 10.9 Å². The SMILES string of the molecule is CCCCCCCCCCOC(=O)N1CCN(c2cc3c(cc2F)c(=O)c(C(=O)O)cn3C2CC2)CC1. The first kappa shape index (κ1) is 26.9. The van der Waals surface area contributed by atoms with Gasteiger partial charge in [0.15, 0.2) is 0 Å². The molecule has 1 N–H and O–H groups in total. The third kappa shape index (κ3) is 6.62. The second kappa shape index (κ2) is 12.4. The van der Waals surface area contributed by atoms with Gasteiger partial charge in [0.05, 0.1) is 17.8 Å². The van der Waals surface area contributed by atoms with E-state index in [2.05, 4.69) is 6.92 Å². The van der Waals surface area contributed by atoms with Gasteiger partial charge in [-0.15, -0.1) is 0 Å². The van der Waals surface area contributed by atoms with E-state index in [-0.39, 0.29) is 23.1 Å². The van der Waals surface area contributed by atoms with Crippen LogP contribution in [-0.2, 0) is 4.74 Å². The summed E-state index contributed by atoms with van der Waals surface area (Å²) >= 11 is 0. The second-order valence-corrected chi connectivity index (χ2v) is 10.2. The molecule has 2 aliphatic rings. The minimum absolute atomic E-state index is 0.0798. The molecular weight excluding hydrogens is 477 g/mol. The molecule has 0 unspecified atom stereocenters. The summed E-state index contributed by atoms with van der Waals surface area (Å²) in [6.07, 6.45) is 12.3. The molecule has 2 aromatic rings. The Kier molecular flexibility index (Phi) is 9.05. The van der Waals surface area contributed by atoms with Crippen molar-refractivity contribution in [3.8, 4) is 0 Å². The number of carbonyl (C=O) groups is 2. The average Bonchev–Trinajstić information content (AvgIpc) is 3.73. The molecule has 0 spiro atoms. The van der Waals surface area contributed by atoms with E-state index in [0.717, 1.165) is 31.7 Å². The fourth-order valence-electron chi connectivity index (χ4n) is 5.02. The maximum Gasteiger partial charge on any atom is 0.409 e. The number of hydrogen-bond donors (Lipinski definition) is 1. The summed E-state index contributed by atoms with van der Waals surface area (Å²) in [4.78, 5) is 40.2. The molecular formula is C28H38FN3O5. The minimum atomic E-state index is -1.31. The van der Waals surface area contributed by atoms with Crippen LogP contribution in [0.1, 0.15) is 87.5 Å². The van der Waals surface area contributed by atoms with Gasteiger partial charge in [-0.3, -0.25) is 4.79 Å². The van der Waals surface area contributed by atoms with Crippen LogP contribution in [0.3, 0.4) is 0 Å². The van der Waals surface area contributed by atoms with Gasteiger partial charge >= 0.3 is 12.1 Å². The number of carboxylic acid groups (broad SMARTS) is 1. The Labute approximate surface area is 217 Å². The Morgan fingerprint density at radius 2 is 1.65 bits per heavy atom. The number of halogens is 1.